The van der Waals surface area contributed by atoms with E-state index >= 15 is 0 Å². The topological polar surface area (TPSA) is 388 Å². The Kier molecular flexibility index (Phi) is 15.4. The molecule has 0 radical (unpaired) electrons. The van der Waals surface area contributed by atoms with Crippen LogP contribution in [-0.4, -0.2) is 96.5 Å². The molecule has 0 fully saturated rings. The van der Waals surface area contributed by atoms with Crippen molar-refractivity contribution >= 4 is 72.3 Å². The van der Waals surface area contributed by atoms with Gasteiger partial charge < -0.3 is 14.2 Å². The lowest BCUT2D eigenvalue weighted by molar-refractivity contribution is 0.103. The SMILES string of the molecule is COc1ccc(C(C)(c2ccc(Oc3ccc(C(=O)c4ccc(C)c(S(=O)(=O)O)c4)cc3S(=O)(=O)O)cc2)c2ccc(Oc3c(S(=O)(=O)O)cc(C(=O)c4cc(S(=O)(=O)O)cc(S(=O)(=O)O)c4)cc3S(=O)(=O)O)cc2)cc1. The molecule has 23 nitrogen and oxygen atoms in total. The van der Waals surface area contributed by atoms with Crippen LogP contribution < -0.4 is 14.2 Å². The third-order valence-corrected chi connectivity index (χ3v) is 17.0. The van der Waals surface area contributed by atoms with E-state index in [-0.39, 0.29) is 34.3 Å². The fourth-order valence-electron chi connectivity index (χ4n) is 7.86. The van der Waals surface area contributed by atoms with Gasteiger partial charge in [-0.05, 0) is 127 Å². The Bertz CT molecular complexity index is 4170. The van der Waals surface area contributed by atoms with Crippen LogP contribution >= 0.6 is 0 Å². The molecular formula is C48H38O23S6. The lowest BCUT2D eigenvalue weighted by Gasteiger charge is -2.32. The van der Waals surface area contributed by atoms with Gasteiger partial charge in [0, 0.05) is 27.7 Å². The Morgan fingerprint density at radius 1 is 0.390 bits per heavy atom. The highest BCUT2D eigenvalue weighted by molar-refractivity contribution is 7.87. The van der Waals surface area contributed by atoms with Gasteiger partial charge in [-0.15, -0.1) is 0 Å². The summed E-state index contributed by atoms with van der Waals surface area (Å²) in [5.41, 5.74) is -1.99. The lowest BCUT2D eigenvalue weighted by Crippen LogP contribution is -2.25. The maximum Gasteiger partial charge on any atom is 0.298 e. The summed E-state index contributed by atoms with van der Waals surface area (Å²) < 4.78 is 225. The standard InChI is InChI=1S/C48H38O23S6/c1-27-4-5-28(22-41(27)74(57,58)59)45(49)29-6-19-40(42(23-29)75(60,61)62)70-36-15-9-33(10-16-36)48(2,32-7-13-35(69-3)14-8-32)34-11-17-37(18-12-34)71-47-43(76(63,64)65)24-31(25-44(47)77(66,67)68)46(50)30-20-38(72(51,52)53)26-39(21-30)73(54,55)56/h4-26H,1-3H3,(H,51,52,53)(H,54,55,56)(H,57,58,59)(H,60,61,62)(H,63,64,65)(H,66,67,68). The van der Waals surface area contributed by atoms with E-state index < -0.39 is 130 Å². The van der Waals surface area contributed by atoms with Crippen molar-refractivity contribution in [1.82, 2.24) is 0 Å². The molecule has 7 aromatic rings. The molecule has 0 spiro atoms. The van der Waals surface area contributed by atoms with Crippen molar-refractivity contribution in [2.45, 2.75) is 48.6 Å². The Morgan fingerprint density at radius 3 is 1.14 bits per heavy atom. The van der Waals surface area contributed by atoms with E-state index in [2.05, 4.69) is 0 Å². The van der Waals surface area contributed by atoms with Gasteiger partial charge in [-0.3, -0.25) is 36.9 Å². The third-order valence-electron chi connectivity index (χ3n) is 11.8. The molecule has 77 heavy (non-hydrogen) atoms. The fraction of sp³-hybridized carbons (Fsp3) is 0.0833. The minimum atomic E-state index is -5.63. The first-order valence-corrected chi connectivity index (χ1v) is 29.9. The van der Waals surface area contributed by atoms with Crippen LogP contribution in [0.4, 0.5) is 0 Å². The summed E-state index contributed by atoms with van der Waals surface area (Å²) in [6, 6.07) is 26.4. The molecule has 7 aromatic carbocycles. The van der Waals surface area contributed by atoms with Crippen molar-refractivity contribution in [3.8, 4) is 28.7 Å². The number of methoxy groups -OCH3 is 1. The Balaban J connectivity index is 1.25. The molecular weight excluding hydrogens is 1140 g/mol. The number of rotatable bonds is 18. The van der Waals surface area contributed by atoms with E-state index in [9.17, 15) is 87.4 Å². The first-order valence-electron chi connectivity index (χ1n) is 21.2. The molecule has 0 aliphatic carbocycles. The highest BCUT2D eigenvalue weighted by atomic mass is 32.2. The van der Waals surface area contributed by atoms with E-state index in [1.165, 1.54) is 62.6 Å². The molecule has 0 heterocycles. The number of ketones is 2. The van der Waals surface area contributed by atoms with Gasteiger partial charge in [0.05, 0.1) is 21.8 Å². The Morgan fingerprint density at radius 2 is 0.740 bits per heavy atom. The number of hydrogen-bond acceptors (Lipinski definition) is 17. The zero-order valence-electron chi connectivity index (χ0n) is 39.4. The normalized spacial score (nSPS) is 13.3. The van der Waals surface area contributed by atoms with Gasteiger partial charge in [0.2, 0.25) is 0 Å². The van der Waals surface area contributed by atoms with Crippen LogP contribution in [-0.2, 0) is 66.1 Å². The van der Waals surface area contributed by atoms with Crippen molar-refractivity contribution in [3.63, 3.8) is 0 Å². The van der Waals surface area contributed by atoms with Crippen LogP contribution in [0.1, 0.15) is 61.0 Å². The second-order valence-electron chi connectivity index (χ2n) is 16.8. The average Bonchev–Trinajstić information content (AvgIpc) is 3.36. The number of carbonyl (C=O) groups excluding carboxylic acids is 2. The van der Waals surface area contributed by atoms with Crippen LogP contribution in [0.2, 0.25) is 0 Å². The second-order valence-corrected chi connectivity index (χ2v) is 25.2. The van der Waals surface area contributed by atoms with Crippen LogP contribution in [0.3, 0.4) is 0 Å². The second kappa shape index (κ2) is 20.6. The van der Waals surface area contributed by atoms with Gasteiger partial charge in [0.15, 0.2) is 17.3 Å². The zero-order valence-corrected chi connectivity index (χ0v) is 44.3. The molecule has 0 aliphatic heterocycles. The van der Waals surface area contributed by atoms with Crippen LogP contribution in [0, 0.1) is 6.92 Å². The predicted octanol–water partition coefficient (Wildman–Crippen LogP) is 6.88. The fourth-order valence-corrected chi connectivity index (χ4v) is 11.8. The molecule has 0 aliphatic rings. The van der Waals surface area contributed by atoms with Gasteiger partial charge in [0.25, 0.3) is 60.7 Å². The maximum absolute atomic E-state index is 13.7. The molecule has 7 rings (SSSR count). The molecule has 1 atom stereocenters. The number of hydrogen-bond donors (Lipinski definition) is 6. The number of benzene rings is 7. The molecule has 0 aromatic heterocycles. The van der Waals surface area contributed by atoms with Gasteiger partial charge in [0.1, 0.15) is 37.7 Å². The summed E-state index contributed by atoms with van der Waals surface area (Å²) in [5, 5.41) is 0. The quantitative estimate of drug-likeness (QED) is 0.0289. The summed E-state index contributed by atoms with van der Waals surface area (Å²) in [5.74, 6) is -3.95. The van der Waals surface area contributed by atoms with Gasteiger partial charge in [-0.2, -0.15) is 50.5 Å². The molecule has 404 valence electrons. The summed E-state index contributed by atoms with van der Waals surface area (Å²) >= 11 is 0. The van der Waals surface area contributed by atoms with E-state index in [0.29, 0.717) is 46.7 Å². The van der Waals surface area contributed by atoms with Crippen molar-refractivity contribution in [2.24, 2.45) is 0 Å². The van der Waals surface area contributed by atoms with Crippen molar-refractivity contribution in [2.75, 3.05) is 7.11 Å². The average molecular weight is 1180 g/mol. The minimum Gasteiger partial charge on any atom is -0.497 e. The van der Waals surface area contributed by atoms with E-state index in [4.69, 9.17) is 14.2 Å². The lowest BCUT2D eigenvalue weighted by atomic mass is 9.71. The monoisotopic (exact) mass is 1170 g/mol. The smallest absolute Gasteiger partial charge is 0.298 e. The third kappa shape index (κ3) is 12.5. The molecule has 1 unspecified atom stereocenters. The summed E-state index contributed by atoms with van der Waals surface area (Å²) in [6.07, 6.45) is 0. The highest BCUT2D eigenvalue weighted by Gasteiger charge is 2.34. The summed E-state index contributed by atoms with van der Waals surface area (Å²) in [7, 11) is -30.2. The van der Waals surface area contributed by atoms with Crippen molar-refractivity contribution in [3.05, 3.63) is 184 Å². The molecule has 0 bridgehead atoms. The zero-order chi connectivity index (χ0) is 57.0. The highest BCUT2D eigenvalue weighted by Crippen LogP contribution is 2.43. The first-order chi connectivity index (χ1) is 35.5. The Hall–Kier alpha value is -7.26. The number of carbonyl (C=O) groups is 2. The van der Waals surface area contributed by atoms with Crippen molar-refractivity contribution in [1.29, 1.82) is 0 Å². The molecule has 6 N–H and O–H groups in total. The van der Waals surface area contributed by atoms with Crippen LogP contribution in [0.25, 0.3) is 0 Å². The largest absolute Gasteiger partial charge is 0.497 e. The van der Waals surface area contributed by atoms with Crippen LogP contribution in [0.5, 0.6) is 28.7 Å². The molecule has 0 amide bonds. The number of aryl methyl sites for hydroxylation is 1. The predicted molar refractivity (Wildman–Crippen MR) is 268 cm³/mol. The van der Waals surface area contributed by atoms with Crippen molar-refractivity contribution < 1.29 is 102 Å². The maximum atomic E-state index is 13.7. The van der Waals surface area contributed by atoms with Gasteiger partial charge in [-0.25, -0.2) is 0 Å². The summed E-state index contributed by atoms with van der Waals surface area (Å²) in [4.78, 5) is 20.3. The molecule has 29 heteroatoms. The summed E-state index contributed by atoms with van der Waals surface area (Å²) in [6.45, 7) is 3.15. The van der Waals surface area contributed by atoms with E-state index in [1.54, 1.807) is 43.3 Å². The van der Waals surface area contributed by atoms with Gasteiger partial charge in [-0.1, -0.05) is 48.5 Å². The number of ether oxygens (including phenoxy) is 3. The van der Waals surface area contributed by atoms with Crippen LogP contribution in [0.15, 0.2) is 169 Å². The molecule has 0 saturated carbocycles. The van der Waals surface area contributed by atoms with E-state index in [1.807, 2.05) is 0 Å². The van der Waals surface area contributed by atoms with Gasteiger partial charge >= 0.3 is 0 Å². The molecule has 0 saturated heterocycles. The Labute approximate surface area is 439 Å². The minimum absolute atomic E-state index is 0.0151. The van der Waals surface area contributed by atoms with E-state index in [0.717, 1.165) is 24.3 Å². The first kappa shape index (κ1) is 57.4.